The van der Waals surface area contributed by atoms with Gasteiger partial charge in [-0.25, -0.2) is 0 Å². The third-order valence-electron chi connectivity index (χ3n) is 3.16. The van der Waals surface area contributed by atoms with Crippen molar-refractivity contribution in [1.82, 2.24) is 3.70 Å². The van der Waals surface area contributed by atoms with E-state index in [4.69, 9.17) is 0 Å². The molecule has 0 saturated carbocycles. The number of fused-ring (bicyclic) bond motifs is 1. The van der Waals surface area contributed by atoms with Crippen molar-refractivity contribution in [2.24, 2.45) is 0 Å². The third-order valence-corrected chi connectivity index (χ3v) is 8.41. The van der Waals surface area contributed by atoms with Crippen LogP contribution in [0.4, 0.5) is 0 Å². The van der Waals surface area contributed by atoms with Crippen molar-refractivity contribution in [3.63, 3.8) is 0 Å². The Labute approximate surface area is 114 Å². The van der Waals surface area contributed by atoms with Crippen LogP contribution >= 0.6 is 0 Å². The molecule has 3 aliphatic rings. The molecule has 4 rings (SSSR count). The Balaban J connectivity index is 0.000000902. The zero-order valence-corrected chi connectivity index (χ0v) is 11.1. The van der Waals surface area contributed by atoms with Crippen LogP contribution < -0.4 is 3.70 Å². The quantitative estimate of drug-likeness (QED) is 0.740. The van der Waals surface area contributed by atoms with Crippen LogP contribution in [0.5, 0.6) is 0 Å². The fraction of sp³-hybridized carbons (Fsp3) is 0.154. The normalized spacial score (nSPS) is 24.9. The molecule has 0 amide bonds. The molecule has 4 heteroatoms. The summed E-state index contributed by atoms with van der Waals surface area (Å²) in [5.74, 6) is 0. The first kappa shape index (κ1) is 11.3. The van der Waals surface area contributed by atoms with Crippen molar-refractivity contribution in [3.05, 3.63) is 67.1 Å². The predicted octanol–water partition coefficient (Wildman–Crippen LogP) is 2.30. The maximum Gasteiger partial charge on any atom is 0 e. The van der Waals surface area contributed by atoms with Crippen LogP contribution in [0.1, 0.15) is 0 Å². The van der Waals surface area contributed by atoms with E-state index in [1.54, 1.807) is 0 Å². The molecule has 1 aromatic rings. The summed E-state index contributed by atoms with van der Waals surface area (Å²) in [6, 6.07) is 2.13. The first-order valence-corrected chi connectivity index (χ1v) is 7.70. The van der Waals surface area contributed by atoms with Gasteiger partial charge >= 0.3 is 97.4 Å². The van der Waals surface area contributed by atoms with Crippen molar-refractivity contribution < 1.29 is 34.0 Å². The monoisotopic (exact) mass is 316 g/mol. The Morgan fingerprint density at radius 2 is 1.41 bits per heavy atom. The molecule has 1 aliphatic heterocycles. The van der Waals surface area contributed by atoms with Crippen LogP contribution in [0.2, 0.25) is 9.63 Å². The largest absolute Gasteiger partial charge is 0 e. The van der Waals surface area contributed by atoms with E-state index in [9.17, 15) is 0 Å². The molecule has 93 valence electrons. The van der Waals surface area contributed by atoms with Crippen LogP contribution in [0.25, 0.3) is 0 Å². The average molecular weight is 317 g/mol. The van der Waals surface area contributed by atoms with Crippen LogP contribution in [-0.2, 0) is 30.3 Å². The van der Waals surface area contributed by atoms with Crippen molar-refractivity contribution in [2.75, 3.05) is 0 Å². The summed E-state index contributed by atoms with van der Waals surface area (Å²) in [5, 5.41) is 0. The predicted molar refractivity (Wildman–Crippen MR) is 59.5 cm³/mol. The molecule has 0 bridgehead atoms. The summed E-state index contributed by atoms with van der Waals surface area (Å²) >= 11 is -1.39. The van der Waals surface area contributed by atoms with E-state index in [0.29, 0.717) is 9.63 Å². The zero-order chi connectivity index (χ0) is 10.6. The number of hydrogen-bond donors (Lipinski definition) is 0. The molecule has 0 atom stereocenters. The number of hydrogen-bond acceptors (Lipinski definition) is 0. The van der Waals surface area contributed by atoms with E-state index in [1.807, 2.05) is 0 Å². The van der Waals surface area contributed by atoms with Gasteiger partial charge < -0.3 is 0 Å². The summed E-state index contributed by atoms with van der Waals surface area (Å²) in [4.78, 5) is 1.21. The van der Waals surface area contributed by atoms with E-state index < -0.39 is 13.3 Å². The van der Waals surface area contributed by atoms with Crippen LogP contribution in [-0.4, -0.2) is 3.70 Å². The van der Waals surface area contributed by atoms with Crippen molar-refractivity contribution in [2.45, 2.75) is 9.63 Å². The van der Waals surface area contributed by atoms with Gasteiger partial charge in [0.05, 0.1) is 0 Å². The maximum absolute atomic E-state index is 2.46. The second-order valence-electron chi connectivity index (χ2n) is 4.00. The van der Waals surface area contributed by atoms with Crippen LogP contribution in [0.15, 0.2) is 67.1 Å². The molecule has 17 heavy (non-hydrogen) atoms. The molecule has 0 spiro atoms. The molecule has 0 aromatic carbocycles. The van der Waals surface area contributed by atoms with E-state index >= 15 is 0 Å². The molecule has 2 nitrogen and oxygen atoms in total. The molecule has 0 saturated heterocycles. The van der Waals surface area contributed by atoms with Gasteiger partial charge in [-0.2, -0.15) is 0 Å². The van der Waals surface area contributed by atoms with Crippen molar-refractivity contribution >= 4 is 0 Å². The summed E-state index contributed by atoms with van der Waals surface area (Å²) < 4.78 is 4.92. The Hall–Kier alpha value is -0.791. The van der Waals surface area contributed by atoms with E-state index in [0.717, 1.165) is 0 Å². The van der Waals surface area contributed by atoms with Gasteiger partial charge in [0.15, 0.2) is 0 Å². The molecule has 2 heterocycles. The topological polar surface area (TPSA) is 8.81 Å². The molecule has 2 aliphatic carbocycles. The Bertz CT molecular complexity index is 495. The first-order chi connectivity index (χ1) is 7.94. The third kappa shape index (κ3) is 1.30. The molecule has 0 fully saturated rings. The molecule has 0 unspecified atom stereocenters. The fourth-order valence-electron chi connectivity index (χ4n) is 2.44. The Morgan fingerprint density at radius 3 is 1.82 bits per heavy atom. The summed E-state index contributed by atoms with van der Waals surface area (Å²) in [5.41, 5.74) is 0. The van der Waals surface area contributed by atoms with E-state index in [1.165, 1.54) is 0 Å². The minimum absolute atomic E-state index is 0. The van der Waals surface area contributed by atoms with E-state index in [2.05, 4.69) is 74.5 Å². The molecule has 1 aromatic heterocycles. The standard InChI is InChI=1S/2C5H5.C3H3N2.Cu.Fe/c3*1-2-4-5-3-1;;/h2*1-5H;1-3H;;/q;;-1;;+2. The van der Waals surface area contributed by atoms with Crippen molar-refractivity contribution in [3.8, 4) is 0 Å². The average Bonchev–Trinajstić information content (AvgIpc) is 2.97. The van der Waals surface area contributed by atoms with Crippen LogP contribution in [0.3, 0.4) is 0 Å². The molecular weight excluding hydrogens is 304 g/mol. The number of rotatable bonds is 2. The molecule has 1 radical (unpaired) electrons. The summed E-state index contributed by atoms with van der Waals surface area (Å²) in [6.45, 7) is 0. The maximum atomic E-state index is 2.46. The van der Waals surface area contributed by atoms with Crippen LogP contribution in [0, 0.1) is 0 Å². The Morgan fingerprint density at radius 1 is 0.882 bits per heavy atom. The van der Waals surface area contributed by atoms with Gasteiger partial charge in [0.2, 0.25) is 0 Å². The van der Waals surface area contributed by atoms with Crippen molar-refractivity contribution in [1.29, 1.82) is 0 Å². The minimum atomic E-state index is -1.39. The number of aromatic nitrogens is 2. The zero-order valence-electron chi connectivity index (χ0n) is 9.06. The second-order valence-corrected chi connectivity index (χ2v) is 8.21. The number of nitrogens with zero attached hydrogens (tertiary/aromatic N) is 2. The van der Waals surface area contributed by atoms with Gasteiger partial charge in [0.25, 0.3) is 0 Å². The summed E-state index contributed by atoms with van der Waals surface area (Å²) in [7, 11) is 0. The Kier molecular flexibility index (Phi) is 2.57. The van der Waals surface area contributed by atoms with Gasteiger partial charge in [0.1, 0.15) is 0 Å². The molecule has 0 N–H and O–H groups in total. The summed E-state index contributed by atoms with van der Waals surface area (Å²) in [6.07, 6.45) is 22.5. The smallest absolute Gasteiger partial charge is 0 e. The van der Waals surface area contributed by atoms with Gasteiger partial charge in [-0.1, -0.05) is 0 Å². The van der Waals surface area contributed by atoms with Gasteiger partial charge in [-0.3, -0.25) is 0 Å². The van der Waals surface area contributed by atoms with Gasteiger partial charge in [0, 0.05) is 17.1 Å². The second kappa shape index (κ2) is 3.86. The fourth-order valence-corrected chi connectivity index (χ4v) is 7.83. The first-order valence-electron chi connectivity index (χ1n) is 5.44. The van der Waals surface area contributed by atoms with Gasteiger partial charge in [-0.15, -0.1) is 0 Å². The van der Waals surface area contributed by atoms with E-state index in [-0.39, 0.29) is 17.1 Å². The minimum Gasteiger partial charge on any atom is 0 e. The van der Waals surface area contributed by atoms with Gasteiger partial charge in [-0.05, 0) is 0 Å². The molecular formula is C13H13CuFeN2+. The SMILES string of the molecule is C1=C[CH]([Fe]2([CH]3C=CC=C3)[n]3ccc[n+]32)C=C1.[Cu]. The number of allylic oxidation sites excluding steroid dienone is 8.